The van der Waals surface area contributed by atoms with Crippen LogP contribution in [0.25, 0.3) is 11.3 Å². The van der Waals surface area contributed by atoms with Crippen molar-refractivity contribution in [2.24, 2.45) is 0 Å². The molecule has 10 nitrogen and oxygen atoms in total. The van der Waals surface area contributed by atoms with Gasteiger partial charge in [0, 0.05) is 37.8 Å². The van der Waals surface area contributed by atoms with Crippen LogP contribution in [0, 0.1) is 6.92 Å². The Labute approximate surface area is 160 Å². The quantitative estimate of drug-likeness (QED) is 0.651. The summed E-state index contributed by atoms with van der Waals surface area (Å²) in [4.78, 5) is 28.3. The van der Waals surface area contributed by atoms with Crippen molar-refractivity contribution in [2.75, 3.05) is 26.2 Å². The Hall–Kier alpha value is -3.56. The molecule has 0 bridgehead atoms. The number of aryl methyl sites for hydroxylation is 1. The number of rotatable bonds is 4. The standard InChI is InChI=1S/C18H19N7O3/c1-13-2-4-14(5-3-13)15-10-16(28-20-15)18(27)24-8-6-23(7-9-24)17(26)11-25-12-19-21-22-25/h2-5,10,12H,6-9,11H2,1H3. The smallest absolute Gasteiger partial charge is 0.292 e. The van der Waals surface area contributed by atoms with Crippen LogP contribution in [0.4, 0.5) is 0 Å². The first-order valence-corrected chi connectivity index (χ1v) is 8.92. The summed E-state index contributed by atoms with van der Waals surface area (Å²) in [6.07, 6.45) is 1.40. The van der Waals surface area contributed by atoms with Crippen LogP contribution >= 0.6 is 0 Å². The maximum atomic E-state index is 12.7. The van der Waals surface area contributed by atoms with E-state index in [9.17, 15) is 9.59 Å². The predicted octanol–water partition coefficient (Wildman–Crippen LogP) is 0.621. The van der Waals surface area contributed by atoms with Crippen molar-refractivity contribution in [3.05, 3.63) is 48.0 Å². The first-order chi connectivity index (χ1) is 13.6. The number of tetrazole rings is 1. The van der Waals surface area contributed by atoms with Gasteiger partial charge in [-0.1, -0.05) is 35.0 Å². The van der Waals surface area contributed by atoms with Gasteiger partial charge in [-0.2, -0.15) is 0 Å². The second-order valence-electron chi connectivity index (χ2n) is 6.62. The van der Waals surface area contributed by atoms with E-state index in [1.165, 1.54) is 11.0 Å². The molecule has 2 amide bonds. The third kappa shape index (κ3) is 3.75. The number of benzene rings is 1. The molecular formula is C18H19N7O3. The molecule has 10 heteroatoms. The third-order valence-corrected chi connectivity index (χ3v) is 4.68. The zero-order chi connectivity index (χ0) is 19.5. The maximum Gasteiger partial charge on any atom is 0.292 e. The largest absolute Gasteiger partial charge is 0.350 e. The van der Waals surface area contributed by atoms with Crippen LogP contribution in [-0.2, 0) is 11.3 Å². The molecule has 1 aliphatic heterocycles. The van der Waals surface area contributed by atoms with Crippen LogP contribution in [0.1, 0.15) is 16.1 Å². The molecular weight excluding hydrogens is 362 g/mol. The van der Waals surface area contributed by atoms with E-state index in [4.69, 9.17) is 4.52 Å². The van der Waals surface area contributed by atoms with Gasteiger partial charge >= 0.3 is 0 Å². The average molecular weight is 381 g/mol. The van der Waals surface area contributed by atoms with E-state index in [0.717, 1.165) is 11.1 Å². The molecule has 3 heterocycles. The summed E-state index contributed by atoms with van der Waals surface area (Å²) in [5.74, 6) is -0.108. The number of aromatic nitrogens is 5. The van der Waals surface area contributed by atoms with E-state index in [-0.39, 0.29) is 24.1 Å². The fourth-order valence-electron chi connectivity index (χ4n) is 3.04. The molecule has 28 heavy (non-hydrogen) atoms. The van der Waals surface area contributed by atoms with Crippen molar-refractivity contribution in [1.29, 1.82) is 0 Å². The second kappa shape index (κ2) is 7.59. The molecule has 0 aliphatic carbocycles. The highest BCUT2D eigenvalue weighted by Gasteiger charge is 2.27. The first kappa shape index (κ1) is 17.8. The number of piperazine rings is 1. The Morgan fingerprint density at radius 1 is 1.07 bits per heavy atom. The number of hydrogen-bond donors (Lipinski definition) is 0. The zero-order valence-electron chi connectivity index (χ0n) is 15.4. The molecule has 0 unspecified atom stereocenters. The van der Waals surface area contributed by atoms with Gasteiger partial charge in [-0.25, -0.2) is 4.68 Å². The van der Waals surface area contributed by atoms with Gasteiger partial charge in [0.1, 0.15) is 18.6 Å². The number of hydrogen-bond acceptors (Lipinski definition) is 7. The van der Waals surface area contributed by atoms with E-state index in [1.807, 2.05) is 31.2 Å². The number of amides is 2. The molecule has 0 atom stereocenters. The minimum absolute atomic E-state index is 0.0827. The fourth-order valence-corrected chi connectivity index (χ4v) is 3.04. The van der Waals surface area contributed by atoms with Crippen molar-refractivity contribution in [2.45, 2.75) is 13.5 Å². The van der Waals surface area contributed by atoms with Gasteiger partial charge in [0.05, 0.1) is 0 Å². The molecule has 1 aliphatic rings. The predicted molar refractivity (Wildman–Crippen MR) is 97.0 cm³/mol. The van der Waals surface area contributed by atoms with E-state index in [0.29, 0.717) is 31.9 Å². The van der Waals surface area contributed by atoms with Gasteiger partial charge in [0.2, 0.25) is 11.7 Å². The monoisotopic (exact) mass is 381 g/mol. The average Bonchev–Trinajstić information content (AvgIpc) is 3.40. The highest BCUT2D eigenvalue weighted by atomic mass is 16.5. The minimum Gasteiger partial charge on any atom is -0.350 e. The summed E-state index contributed by atoms with van der Waals surface area (Å²) in [6, 6.07) is 9.50. The van der Waals surface area contributed by atoms with Gasteiger partial charge < -0.3 is 14.3 Å². The molecule has 1 aromatic carbocycles. The van der Waals surface area contributed by atoms with Gasteiger partial charge in [-0.15, -0.1) is 5.10 Å². The Morgan fingerprint density at radius 2 is 1.79 bits per heavy atom. The SMILES string of the molecule is Cc1ccc(-c2cc(C(=O)N3CCN(C(=O)Cn4cnnn4)CC3)on2)cc1. The van der Waals surface area contributed by atoms with Gasteiger partial charge in [-0.05, 0) is 17.4 Å². The molecule has 4 rings (SSSR count). The minimum atomic E-state index is -0.224. The van der Waals surface area contributed by atoms with Crippen LogP contribution in [0.15, 0.2) is 41.2 Å². The third-order valence-electron chi connectivity index (χ3n) is 4.68. The number of carbonyl (C=O) groups is 2. The van der Waals surface area contributed by atoms with Crippen LogP contribution in [0.2, 0.25) is 0 Å². The molecule has 0 saturated carbocycles. The lowest BCUT2D eigenvalue weighted by Crippen LogP contribution is -2.51. The van der Waals surface area contributed by atoms with Crippen LogP contribution < -0.4 is 0 Å². The fraction of sp³-hybridized carbons (Fsp3) is 0.333. The van der Waals surface area contributed by atoms with Gasteiger partial charge in [0.15, 0.2) is 0 Å². The van der Waals surface area contributed by atoms with Crippen LogP contribution in [-0.4, -0.2) is 73.2 Å². The van der Waals surface area contributed by atoms with E-state index in [2.05, 4.69) is 20.7 Å². The highest BCUT2D eigenvalue weighted by molar-refractivity contribution is 5.92. The van der Waals surface area contributed by atoms with Gasteiger partial charge in [-0.3, -0.25) is 9.59 Å². The summed E-state index contributed by atoms with van der Waals surface area (Å²) in [7, 11) is 0. The maximum absolute atomic E-state index is 12.7. The van der Waals surface area contributed by atoms with Crippen LogP contribution in [0.3, 0.4) is 0 Å². The van der Waals surface area contributed by atoms with Crippen molar-refractivity contribution < 1.29 is 14.1 Å². The van der Waals surface area contributed by atoms with Crippen molar-refractivity contribution in [3.63, 3.8) is 0 Å². The molecule has 144 valence electrons. The lowest BCUT2D eigenvalue weighted by Gasteiger charge is -2.34. The number of carbonyl (C=O) groups excluding carboxylic acids is 2. The van der Waals surface area contributed by atoms with E-state index in [1.54, 1.807) is 15.9 Å². The summed E-state index contributed by atoms with van der Waals surface area (Å²) < 4.78 is 6.64. The van der Waals surface area contributed by atoms with E-state index >= 15 is 0 Å². The van der Waals surface area contributed by atoms with Gasteiger partial charge in [0.25, 0.3) is 5.91 Å². The Bertz CT molecular complexity index is 957. The Kier molecular flexibility index (Phi) is 4.83. The topological polar surface area (TPSA) is 110 Å². The summed E-state index contributed by atoms with van der Waals surface area (Å²) in [5.41, 5.74) is 2.67. The summed E-state index contributed by atoms with van der Waals surface area (Å²) >= 11 is 0. The normalized spacial score (nSPS) is 14.3. The summed E-state index contributed by atoms with van der Waals surface area (Å²) in [6.45, 7) is 3.86. The summed E-state index contributed by atoms with van der Waals surface area (Å²) in [5, 5.41) is 14.7. The van der Waals surface area contributed by atoms with Crippen molar-refractivity contribution >= 4 is 11.8 Å². The lowest BCUT2D eigenvalue weighted by molar-refractivity contribution is -0.133. The molecule has 1 saturated heterocycles. The first-order valence-electron chi connectivity index (χ1n) is 8.92. The number of nitrogens with zero attached hydrogens (tertiary/aromatic N) is 7. The molecule has 3 aromatic rings. The Balaban J connectivity index is 1.35. The van der Waals surface area contributed by atoms with Crippen LogP contribution in [0.5, 0.6) is 0 Å². The molecule has 0 radical (unpaired) electrons. The lowest BCUT2D eigenvalue weighted by atomic mass is 10.1. The van der Waals surface area contributed by atoms with E-state index < -0.39 is 0 Å². The highest BCUT2D eigenvalue weighted by Crippen LogP contribution is 2.20. The zero-order valence-corrected chi connectivity index (χ0v) is 15.4. The molecule has 0 N–H and O–H groups in total. The molecule has 1 fully saturated rings. The van der Waals surface area contributed by atoms with Crippen molar-refractivity contribution in [3.8, 4) is 11.3 Å². The Morgan fingerprint density at radius 3 is 2.46 bits per heavy atom. The second-order valence-corrected chi connectivity index (χ2v) is 6.62. The molecule has 0 spiro atoms. The molecule has 2 aromatic heterocycles. The van der Waals surface area contributed by atoms with Crippen molar-refractivity contribution in [1.82, 2.24) is 35.2 Å².